The smallest absolute Gasteiger partial charge is 0.314 e. The Morgan fingerprint density at radius 1 is 1.11 bits per heavy atom. The van der Waals surface area contributed by atoms with Gasteiger partial charge in [0.05, 0.1) is 0 Å². The Morgan fingerprint density at radius 2 is 1.86 bits per heavy atom. The highest BCUT2D eigenvalue weighted by atomic mass is 16.6. The van der Waals surface area contributed by atoms with E-state index in [1.807, 2.05) is 12.1 Å². The van der Waals surface area contributed by atoms with Crippen molar-refractivity contribution in [2.75, 3.05) is 32.8 Å². The number of primary amides is 1. The molecule has 2 N–H and O–H groups in total. The highest BCUT2D eigenvalue weighted by molar-refractivity contribution is 5.72. The molecule has 2 saturated heterocycles. The zero-order valence-electron chi connectivity index (χ0n) is 15.7. The SMILES string of the molecule is NC(=O)N1CC2CN(Cc3ccc(C4COc5cccnc5O4)cc3)CC2C1. The molecule has 3 aliphatic rings. The van der Waals surface area contributed by atoms with Crippen molar-refractivity contribution in [3.05, 3.63) is 53.7 Å². The minimum absolute atomic E-state index is 0.137. The maximum atomic E-state index is 11.3. The highest BCUT2D eigenvalue weighted by Crippen LogP contribution is 2.34. The van der Waals surface area contributed by atoms with Crippen LogP contribution in [0.4, 0.5) is 4.79 Å². The van der Waals surface area contributed by atoms with Crippen molar-refractivity contribution < 1.29 is 14.3 Å². The third-order valence-corrected chi connectivity index (χ3v) is 6.01. The summed E-state index contributed by atoms with van der Waals surface area (Å²) < 4.78 is 11.7. The zero-order chi connectivity index (χ0) is 19.1. The lowest BCUT2D eigenvalue weighted by Gasteiger charge is -2.26. The number of benzene rings is 1. The van der Waals surface area contributed by atoms with E-state index in [2.05, 4.69) is 34.1 Å². The van der Waals surface area contributed by atoms with E-state index in [1.54, 1.807) is 11.1 Å². The number of carbonyl (C=O) groups excluding carboxylic acids is 1. The normalized spacial score (nSPS) is 26.3. The molecule has 0 radical (unpaired) electrons. The molecule has 1 aromatic heterocycles. The third kappa shape index (κ3) is 3.26. The molecule has 28 heavy (non-hydrogen) atoms. The van der Waals surface area contributed by atoms with Crippen LogP contribution < -0.4 is 15.2 Å². The van der Waals surface area contributed by atoms with E-state index in [9.17, 15) is 4.79 Å². The number of hydrogen-bond acceptors (Lipinski definition) is 5. The van der Waals surface area contributed by atoms with Crippen LogP contribution in [0, 0.1) is 11.8 Å². The van der Waals surface area contributed by atoms with Crippen LogP contribution in [0.2, 0.25) is 0 Å². The Balaban J connectivity index is 1.19. The van der Waals surface area contributed by atoms with Gasteiger partial charge < -0.3 is 20.1 Å². The number of pyridine rings is 1. The first-order valence-corrected chi connectivity index (χ1v) is 9.76. The zero-order valence-corrected chi connectivity index (χ0v) is 15.7. The van der Waals surface area contributed by atoms with Crippen molar-refractivity contribution >= 4 is 6.03 Å². The van der Waals surface area contributed by atoms with E-state index in [1.165, 1.54) is 5.56 Å². The molecule has 146 valence electrons. The minimum Gasteiger partial charge on any atom is -0.484 e. The van der Waals surface area contributed by atoms with Crippen LogP contribution in [0.5, 0.6) is 11.6 Å². The van der Waals surface area contributed by atoms with Crippen LogP contribution in [-0.4, -0.2) is 53.6 Å². The van der Waals surface area contributed by atoms with E-state index >= 15 is 0 Å². The fourth-order valence-corrected chi connectivity index (χ4v) is 4.57. The summed E-state index contributed by atoms with van der Waals surface area (Å²) in [6.07, 6.45) is 1.57. The Morgan fingerprint density at radius 3 is 2.57 bits per heavy atom. The van der Waals surface area contributed by atoms with Gasteiger partial charge in [0.25, 0.3) is 5.88 Å². The first kappa shape index (κ1) is 17.3. The predicted octanol–water partition coefficient (Wildman–Crippen LogP) is 2.04. The van der Waals surface area contributed by atoms with Crippen LogP contribution in [0.3, 0.4) is 0 Å². The van der Waals surface area contributed by atoms with Gasteiger partial charge in [0.1, 0.15) is 6.61 Å². The Bertz CT molecular complexity index is 858. The van der Waals surface area contributed by atoms with Crippen molar-refractivity contribution in [2.45, 2.75) is 12.6 Å². The molecule has 7 nitrogen and oxygen atoms in total. The quantitative estimate of drug-likeness (QED) is 0.881. The van der Waals surface area contributed by atoms with E-state index in [0.29, 0.717) is 30.1 Å². The van der Waals surface area contributed by atoms with E-state index in [0.717, 1.165) is 38.3 Å². The van der Waals surface area contributed by atoms with Gasteiger partial charge >= 0.3 is 6.03 Å². The van der Waals surface area contributed by atoms with Crippen molar-refractivity contribution in [1.82, 2.24) is 14.8 Å². The fraction of sp³-hybridized carbons (Fsp3) is 0.429. The van der Waals surface area contributed by atoms with E-state index in [4.69, 9.17) is 15.2 Å². The number of ether oxygens (including phenoxy) is 2. The summed E-state index contributed by atoms with van der Waals surface area (Å²) in [6, 6.07) is 12.0. The summed E-state index contributed by atoms with van der Waals surface area (Å²) in [6.45, 7) is 5.06. The number of urea groups is 1. The molecule has 2 aromatic rings. The van der Waals surface area contributed by atoms with Crippen LogP contribution in [-0.2, 0) is 6.54 Å². The number of rotatable bonds is 3. The second-order valence-corrected chi connectivity index (χ2v) is 7.92. The number of carbonyl (C=O) groups is 1. The lowest BCUT2D eigenvalue weighted by Crippen LogP contribution is -2.36. The van der Waals surface area contributed by atoms with Crippen LogP contribution in [0.15, 0.2) is 42.6 Å². The third-order valence-electron chi connectivity index (χ3n) is 6.01. The van der Waals surface area contributed by atoms with Crippen molar-refractivity contribution in [3.8, 4) is 11.6 Å². The first-order valence-electron chi connectivity index (χ1n) is 9.76. The van der Waals surface area contributed by atoms with Gasteiger partial charge in [-0.05, 0) is 35.1 Å². The maximum Gasteiger partial charge on any atom is 0.314 e. The lowest BCUT2D eigenvalue weighted by molar-refractivity contribution is 0.0851. The molecule has 3 aliphatic heterocycles. The number of nitrogens with zero attached hydrogens (tertiary/aromatic N) is 3. The number of aromatic nitrogens is 1. The largest absolute Gasteiger partial charge is 0.484 e. The van der Waals surface area contributed by atoms with Crippen molar-refractivity contribution in [1.29, 1.82) is 0 Å². The van der Waals surface area contributed by atoms with Gasteiger partial charge in [-0.25, -0.2) is 9.78 Å². The van der Waals surface area contributed by atoms with Gasteiger partial charge in [0, 0.05) is 38.9 Å². The van der Waals surface area contributed by atoms with Gasteiger partial charge in [-0.2, -0.15) is 0 Å². The number of amides is 2. The summed E-state index contributed by atoms with van der Waals surface area (Å²) in [7, 11) is 0. The highest BCUT2D eigenvalue weighted by Gasteiger charge is 2.40. The summed E-state index contributed by atoms with van der Waals surface area (Å²) >= 11 is 0. The molecule has 3 atom stereocenters. The molecule has 5 rings (SSSR count). The number of fused-ring (bicyclic) bond motifs is 2. The average Bonchev–Trinajstić information content (AvgIpc) is 3.27. The molecule has 0 saturated carbocycles. The molecule has 2 fully saturated rings. The molecular weight excluding hydrogens is 356 g/mol. The van der Waals surface area contributed by atoms with E-state index in [-0.39, 0.29) is 12.1 Å². The van der Waals surface area contributed by atoms with Gasteiger partial charge in [0.15, 0.2) is 11.9 Å². The average molecular weight is 380 g/mol. The number of hydrogen-bond donors (Lipinski definition) is 1. The van der Waals surface area contributed by atoms with Crippen molar-refractivity contribution in [3.63, 3.8) is 0 Å². The summed E-state index contributed by atoms with van der Waals surface area (Å²) in [5.74, 6) is 2.35. The monoisotopic (exact) mass is 380 g/mol. The van der Waals surface area contributed by atoms with Gasteiger partial charge in [-0.1, -0.05) is 24.3 Å². The van der Waals surface area contributed by atoms with Crippen LogP contribution in [0.25, 0.3) is 0 Å². The summed E-state index contributed by atoms with van der Waals surface area (Å²) in [4.78, 5) is 19.8. The Kier molecular flexibility index (Phi) is 4.31. The Labute approximate surface area is 164 Å². The lowest BCUT2D eigenvalue weighted by atomic mass is 10.0. The van der Waals surface area contributed by atoms with Crippen LogP contribution >= 0.6 is 0 Å². The molecule has 0 aliphatic carbocycles. The standard InChI is InChI=1S/C21H24N4O3/c22-21(26)25-11-16-9-24(10-17(16)12-25)8-14-3-5-15(6-4-14)19-13-27-18-2-1-7-23-20(18)28-19/h1-7,16-17,19H,8-13H2,(H2,22,26). The molecule has 7 heteroatoms. The number of nitrogens with two attached hydrogens (primary N) is 1. The van der Waals surface area contributed by atoms with Crippen molar-refractivity contribution in [2.24, 2.45) is 17.6 Å². The molecular formula is C21H24N4O3. The Hall–Kier alpha value is -2.80. The molecule has 3 unspecified atom stereocenters. The predicted molar refractivity (Wildman–Crippen MR) is 103 cm³/mol. The minimum atomic E-state index is -0.289. The molecule has 1 aromatic carbocycles. The van der Waals surface area contributed by atoms with Gasteiger partial charge in [-0.3, -0.25) is 4.90 Å². The second kappa shape index (κ2) is 6.98. The van der Waals surface area contributed by atoms with Crippen LogP contribution in [0.1, 0.15) is 17.2 Å². The fourth-order valence-electron chi connectivity index (χ4n) is 4.57. The first-order chi connectivity index (χ1) is 13.7. The molecule has 2 amide bonds. The molecule has 4 heterocycles. The molecule has 0 spiro atoms. The maximum absolute atomic E-state index is 11.3. The van der Waals surface area contributed by atoms with Gasteiger partial charge in [-0.15, -0.1) is 0 Å². The summed E-state index contributed by atoms with van der Waals surface area (Å²) in [5.41, 5.74) is 7.79. The topological polar surface area (TPSA) is 80.9 Å². The van der Waals surface area contributed by atoms with Gasteiger partial charge in [0.2, 0.25) is 0 Å². The number of likely N-dealkylation sites (tertiary alicyclic amines) is 2. The van der Waals surface area contributed by atoms with E-state index < -0.39 is 0 Å². The molecule has 0 bridgehead atoms. The summed E-state index contributed by atoms with van der Waals surface area (Å²) in [5, 5.41) is 0. The second-order valence-electron chi connectivity index (χ2n) is 7.92.